The van der Waals surface area contributed by atoms with E-state index in [2.05, 4.69) is 65.8 Å². The molecule has 0 aliphatic heterocycles. The van der Waals surface area contributed by atoms with Crippen molar-refractivity contribution in [1.82, 2.24) is 0 Å². The predicted molar refractivity (Wildman–Crippen MR) is 89.5 cm³/mol. The summed E-state index contributed by atoms with van der Waals surface area (Å²) in [6.07, 6.45) is 18.4. The molecule has 0 saturated carbocycles. The van der Waals surface area contributed by atoms with Crippen LogP contribution in [0.25, 0.3) is 0 Å². The Labute approximate surface area is 122 Å². The molecule has 0 fully saturated rings. The summed E-state index contributed by atoms with van der Waals surface area (Å²) in [5.74, 6) is 0. The van der Waals surface area contributed by atoms with Crippen LogP contribution in [0, 0.1) is 10.8 Å². The number of rotatable bonds is 10. The topological polar surface area (TPSA) is 0 Å². The summed E-state index contributed by atoms with van der Waals surface area (Å²) in [5, 5.41) is 0. The van der Waals surface area contributed by atoms with E-state index in [0.717, 1.165) is 12.8 Å². The standard InChI is InChI=1S/C19H36/c1-7-13-15-18(9-3,10-4)17-19(11-5,12-6)16-14-8-2/h13-16H,7-12,17H2,1-6H3/b15-13+,16-14+. The molecule has 0 unspecified atom stereocenters. The molecule has 0 N–H and O–H groups in total. The van der Waals surface area contributed by atoms with Crippen LogP contribution in [0.1, 0.15) is 86.5 Å². The van der Waals surface area contributed by atoms with E-state index in [1.165, 1.54) is 32.1 Å². The highest BCUT2D eigenvalue weighted by Crippen LogP contribution is 2.45. The first-order valence-electron chi connectivity index (χ1n) is 8.42. The molecule has 19 heavy (non-hydrogen) atoms. The van der Waals surface area contributed by atoms with Crippen molar-refractivity contribution in [1.29, 1.82) is 0 Å². The van der Waals surface area contributed by atoms with Gasteiger partial charge in [-0.3, -0.25) is 0 Å². The Morgan fingerprint density at radius 2 is 0.895 bits per heavy atom. The van der Waals surface area contributed by atoms with Gasteiger partial charge in [0.1, 0.15) is 0 Å². The maximum absolute atomic E-state index is 2.51. The van der Waals surface area contributed by atoms with E-state index >= 15 is 0 Å². The van der Waals surface area contributed by atoms with Crippen LogP contribution in [0.2, 0.25) is 0 Å². The fourth-order valence-electron chi connectivity index (χ4n) is 3.03. The van der Waals surface area contributed by atoms with Crippen molar-refractivity contribution in [2.24, 2.45) is 10.8 Å². The first-order valence-corrected chi connectivity index (χ1v) is 8.42. The van der Waals surface area contributed by atoms with Crippen molar-refractivity contribution in [2.45, 2.75) is 86.5 Å². The van der Waals surface area contributed by atoms with E-state index in [1.54, 1.807) is 0 Å². The lowest BCUT2D eigenvalue weighted by molar-refractivity contribution is 0.190. The van der Waals surface area contributed by atoms with Gasteiger partial charge in [0, 0.05) is 0 Å². The van der Waals surface area contributed by atoms with Gasteiger partial charge in [-0.25, -0.2) is 0 Å². The van der Waals surface area contributed by atoms with Gasteiger partial charge in [-0.05, 0) is 55.8 Å². The molecule has 0 nitrogen and oxygen atoms in total. The van der Waals surface area contributed by atoms with Crippen molar-refractivity contribution in [2.75, 3.05) is 0 Å². The van der Waals surface area contributed by atoms with Crippen LogP contribution in [0.4, 0.5) is 0 Å². The Kier molecular flexibility index (Phi) is 9.14. The second kappa shape index (κ2) is 9.39. The first-order chi connectivity index (χ1) is 9.07. The second-order valence-corrected chi connectivity index (χ2v) is 5.94. The molecule has 0 bridgehead atoms. The van der Waals surface area contributed by atoms with Crippen molar-refractivity contribution in [3.63, 3.8) is 0 Å². The lowest BCUT2D eigenvalue weighted by atomic mass is 9.65. The summed E-state index contributed by atoms with van der Waals surface area (Å²) >= 11 is 0. The smallest absolute Gasteiger partial charge is 0.0115 e. The second-order valence-electron chi connectivity index (χ2n) is 5.94. The average molecular weight is 264 g/mol. The highest BCUT2D eigenvalue weighted by Gasteiger charge is 2.33. The first kappa shape index (κ1) is 18.5. The maximum atomic E-state index is 2.51. The fourth-order valence-corrected chi connectivity index (χ4v) is 3.03. The van der Waals surface area contributed by atoms with Crippen molar-refractivity contribution < 1.29 is 0 Å². The molecule has 0 rings (SSSR count). The van der Waals surface area contributed by atoms with Crippen molar-refractivity contribution >= 4 is 0 Å². The molecule has 0 saturated heterocycles. The molecule has 0 heterocycles. The number of allylic oxidation sites excluding steroid dienone is 4. The minimum Gasteiger partial charge on any atom is -0.0883 e. The quantitative estimate of drug-likeness (QED) is 0.376. The van der Waals surface area contributed by atoms with E-state index in [9.17, 15) is 0 Å². The molecule has 0 atom stereocenters. The van der Waals surface area contributed by atoms with Gasteiger partial charge in [0.25, 0.3) is 0 Å². The van der Waals surface area contributed by atoms with E-state index in [4.69, 9.17) is 0 Å². The molecule has 0 radical (unpaired) electrons. The zero-order valence-electron chi connectivity index (χ0n) is 14.3. The molecule has 112 valence electrons. The minimum atomic E-state index is 0.389. The van der Waals surface area contributed by atoms with Gasteiger partial charge in [-0.2, -0.15) is 0 Å². The summed E-state index contributed by atoms with van der Waals surface area (Å²) in [7, 11) is 0. The van der Waals surface area contributed by atoms with Crippen LogP contribution in [0.15, 0.2) is 24.3 Å². The molecule has 0 spiro atoms. The third kappa shape index (κ3) is 5.55. The van der Waals surface area contributed by atoms with Gasteiger partial charge in [-0.15, -0.1) is 0 Å². The van der Waals surface area contributed by atoms with E-state index in [0.29, 0.717) is 10.8 Å². The van der Waals surface area contributed by atoms with E-state index in [-0.39, 0.29) is 0 Å². The Morgan fingerprint density at radius 1 is 0.579 bits per heavy atom. The highest BCUT2D eigenvalue weighted by atomic mass is 14.4. The van der Waals surface area contributed by atoms with Gasteiger partial charge in [0.2, 0.25) is 0 Å². The third-order valence-electron chi connectivity index (χ3n) is 4.93. The van der Waals surface area contributed by atoms with E-state index in [1.807, 2.05) is 0 Å². The molecule has 0 aliphatic rings. The minimum absolute atomic E-state index is 0.389. The summed E-state index contributed by atoms with van der Waals surface area (Å²) in [6.45, 7) is 13.9. The zero-order chi connectivity index (χ0) is 14.8. The Hall–Kier alpha value is -0.520. The molecule has 0 aliphatic carbocycles. The monoisotopic (exact) mass is 264 g/mol. The zero-order valence-corrected chi connectivity index (χ0v) is 14.3. The Bertz CT molecular complexity index is 234. The van der Waals surface area contributed by atoms with Crippen LogP contribution in [0.3, 0.4) is 0 Å². The van der Waals surface area contributed by atoms with Crippen LogP contribution in [-0.4, -0.2) is 0 Å². The number of hydrogen-bond donors (Lipinski definition) is 0. The lowest BCUT2D eigenvalue weighted by Crippen LogP contribution is -2.28. The molecular formula is C19H36. The molecule has 0 aromatic rings. The van der Waals surface area contributed by atoms with Gasteiger partial charge in [0.05, 0.1) is 0 Å². The Morgan fingerprint density at radius 3 is 1.11 bits per heavy atom. The molecule has 0 aromatic carbocycles. The summed E-state index contributed by atoms with van der Waals surface area (Å²) in [6, 6.07) is 0. The van der Waals surface area contributed by atoms with Crippen molar-refractivity contribution in [3.05, 3.63) is 24.3 Å². The van der Waals surface area contributed by atoms with Crippen molar-refractivity contribution in [3.8, 4) is 0 Å². The van der Waals surface area contributed by atoms with Crippen LogP contribution >= 0.6 is 0 Å². The molecule has 0 heteroatoms. The normalized spacial score (nSPS) is 13.8. The fraction of sp³-hybridized carbons (Fsp3) is 0.789. The van der Waals surface area contributed by atoms with Crippen LogP contribution < -0.4 is 0 Å². The molecular weight excluding hydrogens is 228 g/mol. The predicted octanol–water partition coefficient (Wildman–Crippen LogP) is 6.92. The number of hydrogen-bond acceptors (Lipinski definition) is 0. The van der Waals surface area contributed by atoms with Crippen LogP contribution in [-0.2, 0) is 0 Å². The highest BCUT2D eigenvalue weighted by molar-refractivity contribution is 5.07. The Balaban J connectivity index is 5.24. The maximum Gasteiger partial charge on any atom is -0.0115 e. The van der Waals surface area contributed by atoms with Gasteiger partial charge in [-0.1, -0.05) is 65.8 Å². The van der Waals surface area contributed by atoms with Gasteiger partial charge in [0.15, 0.2) is 0 Å². The molecule has 0 amide bonds. The van der Waals surface area contributed by atoms with Gasteiger partial charge >= 0.3 is 0 Å². The summed E-state index contributed by atoms with van der Waals surface area (Å²) in [4.78, 5) is 0. The summed E-state index contributed by atoms with van der Waals surface area (Å²) in [5.41, 5.74) is 0.778. The van der Waals surface area contributed by atoms with Gasteiger partial charge < -0.3 is 0 Å². The van der Waals surface area contributed by atoms with Crippen LogP contribution in [0.5, 0.6) is 0 Å². The largest absolute Gasteiger partial charge is 0.0883 e. The lowest BCUT2D eigenvalue weighted by Gasteiger charge is -2.39. The summed E-state index contributed by atoms with van der Waals surface area (Å²) < 4.78 is 0. The SMILES string of the molecule is CC/C=C/C(CC)(CC)CC(/C=C/CC)(CC)CC. The third-order valence-corrected chi connectivity index (χ3v) is 4.93. The molecule has 0 aromatic heterocycles. The average Bonchev–Trinajstić information content (AvgIpc) is 2.48. The van der Waals surface area contributed by atoms with E-state index < -0.39 is 0 Å².